The average Bonchev–Trinajstić information content (AvgIpc) is 2.52. The van der Waals surface area contributed by atoms with Crippen molar-refractivity contribution in [1.82, 2.24) is 0 Å². The molecule has 0 heterocycles. The number of allylic oxidation sites excluding steroid dienone is 1. The van der Waals surface area contributed by atoms with Crippen LogP contribution in [0.1, 0.15) is 11.1 Å². The number of carbonyl (C=O) groups excluding carboxylic acids is 1. The first-order valence-electron chi connectivity index (χ1n) is 6.37. The first-order valence-corrected chi connectivity index (χ1v) is 7.83. The molecule has 2 aromatic rings. The number of alkyl halides is 2. The maximum Gasteiger partial charge on any atom is 0.320 e. The fourth-order valence-corrected chi connectivity index (χ4v) is 2.34. The SMILES string of the molecule is NSc1ccc(/C=C(/C(=O)C(F)(F)P)c2ccccc2)cc1. The van der Waals surface area contributed by atoms with Crippen LogP contribution < -0.4 is 5.14 Å². The van der Waals surface area contributed by atoms with E-state index in [9.17, 15) is 13.6 Å². The monoisotopic (exact) mass is 337 g/mol. The van der Waals surface area contributed by atoms with Gasteiger partial charge in [-0.3, -0.25) is 9.93 Å². The lowest BCUT2D eigenvalue weighted by atomic mass is 9.99. The van der Waals surface area contributed by atoms with Crippen LogP contribution in [-0.2, 0) is 4.79 Å². The average molecular weight is 337 g/mol. The van der Waals surface area contributed by atoms with Crippen LogP contribution in [0.25, 0.3) is 11.6 Å². The highest BCUT2D eigenvalue weighted by atomic mass is 32.2. The Bertz CT molecular complexity index is 682. The minimum absolute atomic E-state index is 0.0336. The summed E-state index contributed by atoms with van der Waals surface area (Å²) in [5.74, 6) is -1.24. The Morgan fingerprint density at radius 3 is 2.18 bits per heavy atom. The maximum atomic E-state index is 13.4. The summed E-state index contributed by atoms with van der Waals surface area (Å²) in [4.78, 5) is 12.9. The largest absolute Gasteiger partial charge is 0.320 e. The van der Waals surface area contributed by atoms with Crippen LogP contribution in [-0.4, -0.2) is 11.4 Å². The molecule has 1 unspecified atom stereocenters. The zero-order chi connectivity index (χ0) is 16.2. The molecule has 2 rings (SSSR count). The molecule has 6 heteroatoms. The van der Waals surface area contributed by atoms with E-state index in [1.807, 2.05) is 0 Å². The van der Waals surface area contributed by atoms with Gasteiger partial charge in [0, 0.05) is 10.5 Å². The van der Waals surface area contributed by atoms with E-state index in [0.717, 1.165) is 16.8 Å². The van der Waals surface area contributed by atoms with Gasteiger partial charge in [-0.2, -0.15) is 8.78 Å². The van der Waals surface area contributed by atoms with E-state index in [1.165, 1.54) is 15.3 Å². The molecule has 0 aliphatic heterocycles. The second-order valence-electron chi connectivity index (χ2n) is 4.56. The fourth-order valence-electron chi connectivity index (χ4n) is 1.89. The van der Waals surface area contributed by atoms with Crippen molar-refractivity contribution in [3.05, 3.63) is 65.7 Å². The quantitative estimate of drug-likeness (QED) is 0.384. The van der Waals surface area contributed by atoms with Gasteiger partial charge in [-0.05, 0) is 41.3 Å². The molecule has 0 saturated heterocycles. The standard InChI is InChI=1S/C16H14F2NOPS/c17-16(18,21)15(20)14(12-4-2-1-3-5-12)10-11-6-8-13(22-19)9-7-11/h1-10H,19,21H2/b14-10+. The number of hydrogen-bond donors (Lipinski definition) is 1. The van der Waals surface area contributed by atoms with Crippen molar-refractivity contribution in [1.29, 1.82) is 0 Å². The van der Waals surface area contributed by atoms with Crippen LogP contribution in [0, 0.1) is 0 Å². The maximum absolute atomic E-state index is 13.4. The van der Waals surface area contributed by atoms with Crippen molar-refractivity contribution in [2.75, 3.05) is 0 Å². The zero-order valence-corrected chi connectivity index (χ0v) is 13.5. The van der Waals surface area contributed by atoms with Gasteiger partial charge in [-0.15, -0.1) is 0 Å². The molecule has 2 nitrogen and oxygen atoms in total. The van der Waals surface area contributed by atoms with Gasteiger partial charge in [0.1, 0.15) is 0 Å². The Hall–Kier alpha value is -1.55. The number of rotatable bonds is 5. The number of halogens is 2. The second kappa shape index (κ2) is 7.14. The van der Waals surface area contributed by atoms with Crippen LogP contribution in [0.15, 0.2) is 59.5 Å². The van der Waals surface area contributed by atoms with Gasteiger partial charge in [0.15, 0.2) is 0 Å². The van der Waals surface area contributed by atoms with Gasteiger partial charge in [0.25, 0.3) is 0 Å². The Kier molecular flexibility index (Phi) is 5.46. The van der Waals surface area contributed by atoms with E-state index in [2.05, 4.69) is 0 Å². The van der Waals surface area contributed by atoms with E-state index in [-0.39, 0.29) is 5.57 Å². The molecule has 0 fully saturated rings. The van der Waals surface area contributed by atoms with E-state index >= 15 is 0 Å². The summed E-state index contributed by atoms with van der Waals surface area (Å²) in [7, 11) is 1.29. The van der Waals surface area contributed by atoms with E-state index in [0.29, 0.717) is 11.1 Å². The third-order valence-corrected chi connectivity index (χ3v) is 3.77. The highest BCUT2D eigenvalue weighted by Gasteiger charge is 2.35. The normalized spacial score (nSPS) is 12.3. The first-order chi connectivity index (χ1) is 10.4. The Morgan fingerprint density at radius 2 is 1.68 bits per heavy atom. The van der Waals surface area contributed by atoms with Crippen molar-refractivity contribution < 1.29 is 13.6 Å². The molecule has 0 aliphatic carbocycles. The smallest absolute Gasteiger partial charge is 0.287 e. The van der Waals surface area contributed by atoms with Crippen LogP contribution in [0.5, 0.6) is 0 Å². The molecule has 0 bridgehead atoms. The van der Waals surface area contributed by atoms with Crippen LogP contribution in [0.4, 0.5) is 8.78 Å². The summed E-state index contributed by atoms with van der Waals surface area (Å²) >= 11 is 1.09. The minimum Gasteiger partial charge on any atom is -0.287 e. The van der Waals surface area contributed by atoms with E-state index in [4.69, 9.17) is 5.14 Å². The Labute approximate surface area is 134 Å². The van der Waals surface area contributed by atoms with Crippen LogP contribution in [0.3, 0.4) is 0 Å². The fraction of sp³-hybridized carbons (Fsp3) is 0.0625. The summed E-state index contributed by atoms with van der Waals surface area (Å²) in [5.41, 5.74) is -2.44. The molecule has 114 valence electrons. The molecular formula is C16H14F2NOPS. The molecule has 0 spiro atoms. The molecule has 1 atom stereocenters. The summed E-state index contributed by atoms with van der Waals surface area (Å²) in [6.45, 7) is 0. The zero-order valence-electron chi connectivity index (χ0n) is 11.5. The number of Topliss-reactive ketones (excluding diaryl/α,β-unsaturated/α-hetero) is 1. The number of benzene rings is 2. The van der Waals surface area contributed by atoms with Crippen molar-refractivity contribution in [2.45, 2.75) is 10.6 Å². The topological polar surface area (TPSA) is 43.1 Å². The van der Waals surface area contributed by atoms with Gasteiger partial charge >= 0.3 is 5.66 Å². The first kappa shape index (κ1) is 16.8. The summed E-state index contributed by atoms with van der Waals surface area (Å²) in [5, 5.41) is 5.44. The second-order valence-corrected chi connectivity index (χ2v) is 6.00. The lowest BCUT2D eigenvalue weighted by molar-refractivity contribution is -0.126. The van der Waals surface area contributed by atoms with Gasteiger partial charge in [0.05, 0.1) is 0 Å². The van der Waals surface area contributed by atoms with E-state index in [1.54, 1.807) is 54.6 Å². The summed E-state index contributed by atoms with van der Waals surface area (Å²) < 4.78 is 26.9. The third kappa shape index (κ3) is 4.23. The summed E-state index contributed by atoms with van der Waals surface area (Å²) in [6.07, 6.45) is 1.46. The van der Waals surface area contributed by atoms with Crippen molar-refractivity contribution >= 4 is 38.6 Å². The Morgan fingerprint density at radius 1 is 1.09 bits per heavy atom. The van der Waals surface area contributed by atoms with Crippen molar-refractivity contribution in [3.8, 4) is 0 Å². The number of carbonyl (C=O) groups is 1. The lowest BCUT2D eigenvalue weighted by Crippen LogP contribution is -2.21. The van der Waals surface area contributed by atoms with Crippen molar-refractivity contribution in [3.63, 3.8) is 0 Å². The minimum atomic E-state index is -3.51. The molecule has 2 N–H and O–H groups in total. The number of nitrogens with two attached hydrogens (primary N) is 1. The predicted molar refractivity (Wildman–Crippen MR) is 90.5 cm³/mol. The van der Waals surface area contributed by atoms with Gasteiger partial charge in [0.2, 0.25) is 5.78 Å². The molecule has 0 aromatic heterocycles. The molecule has 0 amide bonds. The molecular weight excluding hydrogens is 323 g/mol. The highest BCUT2D eigenvalue weighted by molar-refractivity contribution is 7.97. The molecule has 0 aliphatic rings. The number of hydrogen-bond acceptors (Lipinski definition) is 3. The van der Waals surface area contributed by atoms with Gasteiger partial charge in [-0.25, -0.2) is 0 Å². The predicted octanol–water partition coefficient (Wildman–Crippen LogP) is 4.23. The van der Waals surface area contributed by atoms with E-state index < -0.39 is 11.4 Å². The van der Waals surface area contributed by atoms with Crippen molar-refractivity contribution in [2.24, 2.45) is 5.14 Å². The molecule has 2 aromatic carbocycles. The van der Waals surface area contributed by atoms with Crippen LogP contribution in [0.2, 0.25) is 0 Å². The molecule has 22 heavy (non-hydrogen) atoms. The summed E-state index contributed by atoms with van der Waals surface area (Å²) in [6, 6.07) is 15.4. The molecule has 0 radical (unpaired) electrons. The van der Waals surface area contributed by atoms with Crippen LogP contribution >= 0.6 is 21.2 Å². The Balaban J connectivity index is 2.48. The number of ketones is 1. The lowest BCUT2D eigenvalue weighted by Gasteiger charge is -2.13. The highest BCUT2D eigenvalue weighted by Crippen LogP contribution is 2.32. The van der Waals surface area contributed by atoms with Gasteiger partial charge in [-0.1, -0.05) is 51.7 Å². The molecule has 0 saturated carbocycles. The third-order valence-electron chi connectivity index (χ3n) is 2.96. The van der Waals surface area contributed by atoms with Gasteiger partial charge < -0.3 is 0 Å².